The summed E-state index contributed by atoms with van der Waals surface area (Å²) in [5.41, 5.74) is 0.317. The Morgan fingerprint density at radius 2 is 1.25 bits per heavy atom. The van der Waals surface area contributed by atoms with Gasteiger partial charge in [-0.1, -0.05) is 37.8 Å². The molecule has 1 heterocycles. The highest BCUT2D eigenvalue weighted by Gasteiger charge is 2.38. The number of rotatable bonds is 7. The van der Waals surface area contributed by atoms with E-state index in [1.54, 1.807) is 12.1 Å². The first-order chi connectivity index (χ1) is 19.0. The molecule has 220 valence electrons. The number of alkyl halides is 5. The molecule has 2 saturated carbocycles. The molecule has 0 atom stereocenters. The quantitative estimate of drug-likeness (QED) is 0.310. The average molecular weight is 577 g/mol. The molecule has 0 N–H and O–H groups in total. The molecule has 0 unspecified atom stereocenters. The molecule has 0 aromatic heterocycles. The lowest BCUT2D eigenvalue weighted by molar-refractivity contribution is -0.276. The summed E-state index contributed by atoms with van der Waals surface area (Å²) in [6.45, 7) is 1.50. The molecular formula is C29H31F7O4. The van der Waals surface area contributed by atoms with Crippen LogP contribution in [0.1, 0.15) is 68.4 Å². The van der Waals surface area contributed by atoms with Gasteiger partial charge in [0.25, 0.3) is 0 Å². The first-order valence-corrected chi connectivity index (χ1v) is 13.6. The zero-order valence-corrected chi connectivity index (χ0v) is 21.7. The molecule has 0 spiro atoms. The predicted molar refractivity (Wildman–Crippen MR) is 130 cm³/mol. The van der Waals surface area contributed by atoms with Crippen molar-refractivity contribution in [2.24, 2.45) is 17.8 Å². The molecule has 40 heavy (non-hydrogen) atoms. The van der Waals surface area contributed by atoms with Gasteiger partial charge in [0.2, 0.25) is 5.75 Å². The van der Waals surface area contributed by atoms with E-state index < -0.39 is 41.2 Å². The first-order valence-electron chi connectivity index (χ1n) is 13.6. The molecule has 1 saturated heterocycles. The van der Waals surface area contributed by atoms with E-state index in [1.807, 2.05) is 0 Å². The fourth-order valence-corrected chi connectivity index (χ4v) is 6.20. The van der Waals surface area contributed by atoms with Gasteiger partial charge < -0.3 is 18.9 Å². The van der Waals surface area contributed by atoms with Crippen LogP contribution in [-0.2, 0) is 15.6 Å². The first kappa shape index (κ1) is 29.0. The fraction of sp³-hybridized carbons (Fsp3) is 0.586. The Labute approximate surface area is 227 Å². The molecule has 0 radical (unpaired) electrons. The molecule has 1 aliphatic heterocycles. The minimum Gasteiger partial charge on any atom is -0.429 e. The van der Waals surface area contributed by atoms with E-state index in [-0.39, 0.29) is 24.3 Å². The third-order valence-corrected chi connectivity index (χ3v) is 8.33. The lowest BCUT2D eigenvalue weighted by Crippen LogP contribution is -2.40. The van der Waals surface area contributed by atoms with E-state index in [9.17, 15) is 30.7 Å². The molecule has 5 rings (SSSR count). The Kier molecular flexibility index (Phi) is 8.52. The van der Waals surface area contributed by atoms with Crippen molar-refractivity contribution < 1.29 is 49.7 Å². The molecular weight excluding hydrogens is 545 g/mol. The second kappa shape index (κ2) is 11.8. The van der Waals surface area contributed by atoms with Crippen LogP contribution in [0.5, 0.6) is 11.5 Å². The van der Waals surface area contributed by atoms with Crippen LogP contribution in [-0.4, -0.2) is 25.9 Å². The van der Waals surface area contributed by atoms with E-state index in [0.29, 0.717) is 17.8 Å². The van der Waals surface area contributed by atoms with Crippen molar-refractivity contribution in [3.8, 4) is 11.5 Å². The number of hydrogen-bond donors (Lipinski definition) is 0. The predicted octanol–water partition coefficient (Wildman–Crippen LogP) is 8.44. The third-order valence-electron chi connectivity index (χ3n) is 8.33. The zero-order valence-electron chi connectivity index (χ0n) is 21.7. The van der Waals surface area contributed by atoms with E-state index in [2.05, 4.69) is 9.47 Å². The van der Waals surface area contributed by atoms with Gasteiger partial charge >= 0.3 is 12.5 Å². The Morgan fingerprint density at radius 3 is 1.80 bits per heavy atom. The molecule has 3 aliphatic rings. The standard InChI is InChI=1S/C29H31F7O4/c30-24-13-23(14-25(31)26(24)40-29(34,35)36)39-28(32,33)22-11-9-19(10-12-22)18-5-7-20(8-6-18)27-37-15-21(16-38-27)17-3-1-2-4-17/h9-14,17-18,20-21,27H,1-8,15-16H2. The van der Waals surface area contributed by atoms with Gasteiger partial charge in [0.1, 0.15) is 5.75 Å². The molecule has 2 aromatic rings. The minimum absolute atomic E-state index is 0.180. The zero-order chi connectivity index (χ0) is 28.5. The van der Waals surface area contributed by atoms with Crippen molar-refractivity contribution >= 4 is 0 Å². The number of ether oxygens (including phenoxy) is 4. The van der Waals surface area contributed by atoms with Gasteiger partial charge in [0, 0.05) is 24.0 Å². The monoisotopic (exact) mass is 576 g/mol. The summed E-state index contributed by atoms with van der Waals surface area (Å²) in [7, 11) is 0. The smallest absolute Gasteiger partial charge is 0.429 e. The highest BCUT2D eigenvalue weighted by Crippen LogP contribution is 2.42. The Hall–Kier alpha value is -2.53. The van der Waals surface area contributed by atoms with Crippen LogP contribution in [0.3, 0.4) is 0 Å². The summed E-state index contributed by atoms with van der Waals surface area (Å²) < 4.78 is 114. The number of halogens is 7. The molecule has 11 heteroatoms. The highest BCUT2D eigenvalue weighted by atomic mass is 19.4. The molecule has 2 aliphatic carbocycles. The Morgan fingerprint density at radius 1 is 0.675 bits per heavy atom. The van der Waals surface area contributed by atoms with E-state index >= 15 is 0 Å². The van der Waals surface area contributed by atoms with Crippen molar-refractivity contribution in [3.63, 3.8) is 0 Å². The van der Waals surface area contributed by atoms with Crippen molar-refractivity contribution in [1.82, 2.24) is 0 Å². The maximum atomic E-state index is 14.7. The SMILES string of the molecule is Fc1cc(OC(F)(F)c2ccc(C3CCC(C4OCC(C5CCCC5)CO4)CC3)cc2)cc(F)c1OC(F)(F)F. The van der Waals surface area contributed by atoms with Crippen LogP contribution in [0.25, 0.3) is 0 Å². The minimum atomic E-state index is -5.36. The van der Waals surface area contributed by atoms with E-state index in [4.69, 9.17) is 9.47 Å². The van der Waals surface area contributed by atoms with Crippen LogP contribution >= 0.6 is 0 Å². The normalized spacial score (nSPS) is 26.6. The molecule has 2 aromatic carbocycles. The van der Waals surface area contributed by atoms with Crippen LogP contribution in [0.15, 0.2) is 36.4 Å². The number of hydrogen-bond acceptors (Lipinski definition) is 4. The molecule has 3 fully saturated rings. The van der Waals surface area contributed by atoms with Crippen molar-refractivity contribution in [2.45, 2.75) is 76.0 Å². The summed E-state index contributed by atoms with van der Waals surface area (Å²) in [6.07, 6.45) is -0.932. The summed E-state index contributed by atoms with van der Waals surface area (Å²) >= 11 is 0. The maximum absolute atomic E-state index is 14.7. The van der Waals surface area contributed by atoms with Gasteiger partial charge in [-0.05, 0) is 55.2 Å². The van der Waals surface area contributed by atoms with E-state index in [0.717, 1.165) is 44.5 Å². The number of benzene rings is 2. The van der Waals surface area contributed by atoms with Crippen LogP contribution in [0.4, 0.5) is 30.7 Å². The van der Waals surface area contributed by atoms with Crippen molar-refractivity contribution in [1.29, 1.82) is 0 Å². The third kappa shape index (κ3) is 6.84. The molecule has 0 bridgehead atoms. The largest absolute Gasteiger partial charge is 0.573 e. The lowest BCUT2D eigenvalue weighted by atomic mass is 9.78. The summed E-state index contributed by atoms with van der Waals surface area (Å²) in [5, 5.41) is 0. The van der Waals surface area contributed by atoms with Gasteiger partial charge in [-0.3, -0.25) is 0 Å². The van der Waals surface area contributed by atoms with Crippen LogP contribution in [0.2, 0.25) is 0 Å². The van der Waals surface area contributed by atoms with Crippen LogP contribution < -0.4 is 9.47 Å². The molecule has 0 amide bonds. The van der Waals surface area contributed by atoms with E-state index in [1.165, 1.54) is 37.8 Å². The Balaban J connectivity index is 1.14. The summed E-state index contributed by atoms with van der Waals surface area (Å²) in [5.74, 6) is -4.73. The second-order valence-electron chi connectivity index (χ2n) is 11.0. The van der Waals surface area contributed by atoms with Gasteiger partial charge in [-0.2, -0.15) is 8.78 Å². The average Bonchev–Trinajstić information content (AvgIpc) is 3.46. The maximum Gasteiger partial charge on any atom is 0.573 e. The van der Waals surface area contributed by atoms with Gasteiger partial charge in [-0.15, -0.1) is 13.2 Å². The van der Waals surface area contributed by atoms with Crippen molar-refractivity contribution in [3.05, 3.63) is 59.2 Å². The van der Waals surface area contributed by atoms with Gasteiger partial charge in [0.05, 0.1) is 18.8 Å². The highest BCUT2D eigenvalue weighted by molar-refractivity contribution is 5.36. The molecule has 4 nitrogen and oxygen atoms in total. The summed E-state index contributed by atoms with van der Waals surface area (Å²) in [6, 6.07) is 5.90. The van der Waals surface area contributed by atoms with Crippen LogP contribution in [0, 0.1) is 29.4 Å². The summed E-state index contributed by atoms with van der Waals surface area (Å²) in [4.78, 5) is 0. The van der Waals surface area contributed by atoms with Gasteiger partial charge in [0.15, 0.2) is 17.9 Å². The second-order valence-corrected chi connectivity index (χ2v) is 11.0. The lowest BCUT2D eigenvalue weighted by Gasteiger charge is -2.39. The van der Waals surface area contributed by atoms with Gasteiger partial charge in [-0.25, -0.2) is 8.78 Å². The Bertz CT molecular complexity index is 1110. The van der Waals surface area contributed by atoms with Crippen molar-refractivity contribution in [2.75, 3.05) is 13.2 Å². The topological polar surface area (TPSA) is 36.9 Å². The fourth-order valence-electron chi connectivity index (χ4n) is 6.20.